The molecule has 0 fully saturated rings. The maximum absolute atomic E-state index is 11.9. The summed E-state index contributed by atoms with van der Waals surface area (Å²) < 4.78 is 0. The number of hydrogen-bond acceptors (Lipinski definition) is 6. The van der Waals surface area contributed by atoms with Gasteiger partial charge in [-0.3, -0.25) is 4.79 Å². The summed E-state index contributed by atoms with van der Waals surface area (Å²) in [6, 6.07) is 0. The molecule has 7 heteroatoms. The van der Waals surface area contributed by atoms with Crippen LogP contribution in [0.15, 0.2) is 11.6 Å². The zero-order chi connectivity index (χ0) is 12.3. The maximum Gasteiger partial charge on any atom is 0.284 e. The van der Waals surface area contributed by atoms with E-state index in [1.165, 1.54) is 11.3 Å². The highest BCUT2D eigenvalue weighted by Crippen LogP contribution is 2.11. The highest BCUT2D eigenvalue weighted by atomic mass is 32.1. The van der Waals surface area contributed by atoms with E-state index in [-0.39, 0.29) is 5.91 Å². The number of rotatable bonds is 4. The van der Waals surface area contributed by atoms with Gasteiger partial charge in [-0.25, -0.2) is 4.98 Å². The van der Waals surface area contributed by atoms with Gasteiger partial charge in [0.05, 0.1) is 5.01 Å². The van der Waals surface area contributed by atoms with Crippen molar-refractivity contribution in [3.8, 4) is 0 Å². The number of aryl methyl sites for hydroxylation is 1. The molecule has 0 aromatic carbocycles. The van der Waals surface area contributed by atoms with E-state index in [1.54, 1.807) is 29.5 Å². The number of likely N-dealkylation sites (N-methyl/N-ethyl adjacent to an activating group) is 1. The minimum Gasteiger partial charge on any atom is -0.339 e. The van der Waals surface area contributed by atoms with Crippen LogP contribution in [0.25, 0.3) is 0 Å². The molecule has 0 N–H and O–H groups in total. The predicted octanol–water partition coefficient (Wildman–Crippen LogP) is 1.62. The molecule has 0 saturated carbocycles. The van der Waals surface area contributed by atoms with Crippen LogP contribution in [0.2, 0.25) is 0 Å². The molecule has 0 aliphatic carbocycles. The van der Waals surface area contributed by atoms with Crippen molar-refractivity contribution >= 4 is 28.6 Å². The van der Waals surface area contributed by atoms with Crippen LogP contribution >= 0.6 is 22.7 Å². The Kier molecular flexibility index (Phi) is 3.80. The quantitative estimate of drug-likeness (QED) is 0.845. The molecule has 0 radical (unpaired) electrons. The van der Waals surface area contributed by atoms with Crippen molar-refractivity contribution in [2.45, 2.75) is 13.3 Å². The summed E-state index contributed by atoms with van der Waals surface area (Å²) in [5.41, 5.74) is 0. The largest absolute Gasteiger partial charge is 0.339 e. The molecular weight excluding hydrogens is 256 g/mol. The summed E-state index contributed by atoms with van der Waals surface area (Å²) in [4.78, 5) is 17.8. The highest BCUT2D eigenvalue weighted by Gasteiger charge is 2.16. The molecule has 5 nitrogen and oxygen atoms in total. The zero-order valence-corrected chi connectivity index (χ0v) is 11.2. The van der Waals surface area contributed by atoms with Crippen molar-refractivity contribution in [1.29, 1.82) is 0 Å². The van der Waals surface area contributed by atoms with E-state index >= 15 is 0 Å². The summed E-state index contributed by atoms with van der Waals surface area (Å²) in [5, 5.41) is 11.9. The first kappa shape index (κ1) is 12.1. The van der Waals surface area contributed by atoms with E-state index in [9.17, 15) is 4.79 Å². The van der Waals surface area contributed by atoms with E-state index < -0.39 is 0 Å². The SMILES string of the molecule is Cc1nnc(C(=O)N(C)CCc2nccs2)s1. The fourth-order valence-electron chi connectivity index (χ4n) is 1.29. The summed E-state index contributed by atoms with van der Waals surface area (Å²) in [7, 11) is 1.77. The Balaban J connectivity index is 1.91. The molecule has 1 amide bonds. The lowest BCUT2D eigenvalue weighted by Gasteiger charge is -2.14. The molecule has 2 rings (SSSR count). The van der Waals surface area contributed by atoms with Crippen LogP contribution in [-0.2, 0) is 6.42 Å². The van der Waals surface area contributed by atoms with Gasteiger partial charge in [-0.05, 0) is 6.92 Å². The van der Waals surface area contributed by atoms with E-state index in [1.807, 2.05) is 12.3 Å². The fourth-order valence-corrected chi connectivity index (χ4v) is 2.58. The second kappa shape index (κ2) is 5.33. The number of nitrogens with zero attached hydrogens (tertiary/aromatic N) is 4. The Hall–Kier alpha value is -1.34. The van der Waals surface area contributed by atoms with Crippen molar-refractivity contribution in [3.63, 3.8) is 0 Å². The topological polar surface area (TPSA) is 59.0 Å². The summed E-state index contributed by atoms with van der Waals surface area (Å²) in [6.45, 7) is 2.48. The second-order valence-electron chi connectivity index (χ2n) is 3.53. The molecule has 0 bridgehead atoms. The van der Waals surface area contributed by atoms with Crippen LogP contribution in [0, 0.1) is 6.92 Å². The molecule has 0 atom stereocenters. The molecule has 2 aromatic rings. The van der Waals surface area contributed by atoms with Gasteiger partial charge in [0.1, 0.15) is 5.01 Å². The molecule has 2 aromatic heterocycles. The number of carbonyl (C=O) groups is 1. The first-order valence-corrected chi connectivity index (χ1v) is 6.80. The summed E-state index contributed by atoms with van der Waals surface area (Å²) in [5.74, 6) is -0.0767. The molecule has 90 valence electrons. The van der Waals surface area contributed by atoms with Crippen LogP contribution in [0.3, 0.4) is 0 Å². The van der Waals surface area contributed by atoms with Crippen molar-refractivity contribution in [2.24, 2.45) is 0 Å². The minimum atomic E-state index is -0.0767. The fraction of sp³-hybridized carbons (Fsp3) is 0.400. The van der Waals surface area contributed by atoms with E-state index in [2.05, 4.69) is 15.2 Å². The number of thiazole rings is 1. The number of carbonyl (C=O) groups excluding carboxylic acids is 1. The predicted molar refractivity (Wildman–Crippen MR) is 67.4 cm³/mol. The van der Waals surface area contributed by atoms with Gasteiger partial charge in [0, 0.05) is 31.6 Å². The van der Waals surface area contributed by atoms with Gasteiger partial charge in [-0.2, -0.15) is 0 Å². The maximum atomic E-state index is 11.9. The third-order valence-electron chi connectivity index (χ3n) is 2.20. The van der Waals surface area contributed by atoms with Gasteiger partial charge in [-0.1, -0.05) is 11.3 Å². The Bertz CT molecular complexity index is 494. The number of aromatic nitrogens is 3. The lowest BCUT2D eigenvalue weighted by atomic mass is 10.4. The van der Waals surface area contributed by atoms with Crippen molar-refractivity contribution in [2.75, 3.05) is 13.6 Å². The van der Waals surface area contributed by atoms with Crippen molar-refractivity contribution in [1.82, 2.24) is 20.1 Å². The Labute approximate surface area is 107 Å². The molecule has 0 spiro atoms. The lowest BCUT2D eigenvalue weighted by Crippen LogP contribution is -2.28. The standard InChI is InChI=1S/C10H12N4OS2/c1-7-12-13-9(17-7)10(15)14(2)5-3-8-11-4-6-16-8/h4,6H,3,5H2,1-2H3. The van der Waals surface area contributed by atoms with E-state index in [0.29, 0.717) is 11.6 Å². The van der Waals surface area contributed by atoms with E-state index in [0.717, 1.165) is 16.4 Å². The lowest BCUT2D eigenvalue weighted by molar-refractivity contribution is 0.0795. The molecule has 0 aliphatic heterocycles. The van der Waals surface area contributed by atoms with Crippen LogP contribution in [0.1, 0.15) is 19.8 Å². The molecular formula is C10H12N4OS2. The first-order chi connectivity index (χ1) is 8.16. The smallest absolute Gasteiger partial charge is 0.284 e. The van der Waals surface area contributed by atoms with Crippen molar-refractivity contribution < 1.29 is 4.79 Å². The van der Waals surface area contributed by atoms with Gasteiger partial charge in [-0.15, -0.1) is 21.5 Å². The molecule has 0 aliphatic rings. The molecule has 17 heavy (non-hydrogen) atoms. The molecule has 2 heterocycles. The van der Waals surface area contributed by atoms with Crippen LogP contribution < -0.4 is 0 Å². The minimum absolute atomic E-state index is 0.0767. The van der Waals surface area contributed by atoms with E-state index in [4.69, 9.17) is 0 Å². The average Bonchev–Trinajstić information content (AvgIpc) is 2.95. The third kappa shape index (κ3) is 3.07. The first-order valence-electron chi connectivity index (χ1n) is 5.11. The van der Waals surface area contributed by atoms with Crippen LogP contribution in [-0.4, -0.2) is 39.6 Å². The number of hydrogen-bond donors (Lipinski definition) is 0. The van der Waals surface area contributed by atoms with Crippen LogP contribution in [0.5, 0.6) is 0 Å². The Morgan fingerprint density at radius 3 is 2.88 bits per heavy atom. The molecule has 0 saturated heterocycles. The zero-order valence-electron chi connectivity index (χ0n) is 9.58. The molecule has 0 unspecified atom stereocenters. The summed E-state index contributed by atoms with van der Waals surface area (Å²) in [6.07, 6.45) is 2.55. The second-order valence-corrected chi connectivity index (χ2v) is 5.69. The third-order valence-corrected chi connectivity index (χ3v) is 3.87. The van der Waals surface area contributed by atoms with Gasteiger partial charge < -0.3 is 4.90 Å². The summed E-state index contributed by atoms with van der Waals surface area (Å²) >= 11 is 2.92. The number of amides is 1. The van der Waals surface area contributed by atoms with Gasteiger partial charge in [0.25, 0.3) is 5.91 Å². The van der Waals surface area contributed by atoms with Gasteiger partial charge in [0.2, 0.25) is 5.01 Å². The normalized spacial score (nSPS) is 10.5. The Morgan fingerprint density at radius 2 is 2.29 bits per heavy atom. The average molecular weight is 268 g/mol. The van der Waals surface area contributed by atoms with Crippen LogP contribution in [0.4, 0.5) is 0 Å². The van der Waals surface area contributed by atoms with Gasteiger partial charge in [0.15, 0.2) is 0 Å². The van der Waals surface area contributed by atoms with Gasteiger partial charge >= 0.3 is 0 Å². The monoisotopic (exact) mass is 268 g/mol. The Morgan fingerprint density at radius 1 is 1.47 bits per heavy atom. The van der Waals surface area contributed by atoms with Crippen molar-refractivity contribution in [3.05, 3.63) is 26.6 Å². The highest BCUT2D eigenvalue weighted by molar-refractivity contribution is 7.13.